The van der Waals surface area contributed by atoms with Gasteiger partial charge in [0.2, 0.25) is 11.8 Å². The molecule has 0 bridgehead atoms. The van der Waals surface area contributed by atoms with Crippen molar-refractivity contribution in [2.75, 3.05) is 40.9 Å². The van der Waals surface area contributed by atoms with Gasteiger partial charge in [0.15, 0.2) is 0 Å². The van der Waals surface area contributed by atoms with Gasteiger partial charge in [0.05, 0.1) is 0 Å². The zero-order chi connectivity index (χ0) is 18.8. The minimum atomic E-state index is -0.121. The lowest BCUT2D eigenvalue weighted by Crippen LogP contribution is -2.41. The summed E-state index contributed by atoms with van der Waals surface area (Å²) in [6.45, 7) is 4.43. The number of para-hydroxylation sites is 1. The van der Waals surface area contributed by atoms with Gasteiger partial charge in [0.1, 0.15) is 6.54 Å². The summed E-state index contributed by atoms with van der Waals surface area (Å²) >= 11 is 0. The van der Waals surface area contributed by atoms with E-state index in [1.807, 2.05) is 42.5 Å². The predicted octanol–water partition coefficient (Wildman–Crippen LogP) is 3.23. The van der Waals surface area contributed by atoms with Crippen molar-refractivity contribution in [2.24, 2.45) is 0 Å². The fourth-order valence-electron chi connectivity index (χ4n) is 4.02. The van der Waals surface area contributed by atoms with Gasteiger partial charge in [0.25, 0.3) is 0 Å². The van der Waals surface area contributed by atoms with Gasteiger partial charge in [-0.25, -0.2) is 0 Å². The van der Waals surface area contributed by atoms with Crippen LogP contribution in [0.15, 0.2) is 48.5 Å². The first-order chi connectivity index (χ1) is 13.1. The quantitative estimate of drug-likeness (QED) is 0.838. The van der Waals surface area contributed by atoms with Gasteiger partial charge >= 0.3 is 0 Å². The third kappa shape index (κ3) is 3.54. The molecule has 5 heteroatoms. The highest BCUT2D eigenvalue weighted by atomic mass is 16.2. The highest BCUT2D eigenvalue weighted by molar-refractivity contribution is 6.04. The molecule has 4 rings (SSSR count). The average Bonchev–Trinajstić information content (AvgIpc) is 3.36. The molecule has 2 aromatic carbocycles. The van der Waals surface area contributed by atoms with Crippen LogP contribution in [0.25, 0.3) is 0 Å². The van der Waals surface area contributed by atoms with E-state index in [1.54, 1.807) is 9.80 Å². The van der Waals surface area contributed by atoms with Crippen LogP contribution >= 0.6 is 0 Å². The molecule has 0 radical (unpaired) electrons. The molecule has 0 unspecified atom stereocenters. The lowest BCUT2D eigenvalue weighted by molar-refractivity contribution is -0.121. The van der Waals surface area contributed by atoms with E-state index in [0.29, 0.717) is 6.54 Å². The molecule has 5 nitrogen and oxygen atoms in total. The minimum Gasteiger partial charge on any atom is -0.372 e. The van der Waals surface area contributed by atoms with Gasteiger partial charge in [-0.05, 0) is 55.2 Å². The number of benzene rings is 2. The molecule has 1 saturated heterocycles. The van der Waals surface area contributed by atoms with Crippen molar-refractivity contribution in [1.29, 1.82) is 0 Å². The Kier molecular flexibility index (Phi) is 4.84. The van der Waals surface area contributed by atoms with Crippen LogP contribution in [0.2, 0.25) is 0 Å². The SMILES string of the molecule is CC(=O)N(CC(=O)N1CCc2ccccc21)c1ccc(N2CCCC2)cc1. The zero-order valence-corrected chi connectivity index (χ0v) is 15.7. The number of nitrogens with zero attached hydrogens (tertiary/aromatic N) is 3. The van der Waals surface area contributed by atoms with Gasteiger partial charge in [-0.1, -0.05) is 18.2 Å². The first kappa shape index (κ1) is 17.6. The minimum absolute atomic E-state index is 0.0428. The van der Waals surface area contributed by atoms with E-state index in [1.165, 1.54) is 31.0 Å². The number of rotatable bonds is 4. The fourth-order valence-corrected chi connectivity index (χ4v) is 4.02. The van der Waals surface area contributed by atoms with E-state index in [0.717, 1.165) is 30.9 Å². The van der Waals surface area contributed by atoms with Crippen molar-refractivity contribution in [3.63, 3.8) is 0 Å². The maximum Gasteiger partial charge on any atom is 0.247 e. The highest BCUT2D eigenvalue weighted by Gasteiger charge is 2.27. The molecule has 0 atom stereocenters. The number of hydrogen-bond donors (Lipinski definition) is 0. The molecule has 1 fully saturated rings. The summed E-state index contributed by atoms with van der Waals surface area (Å²) in [5, 5.41) is 0. The summed E-state index contributed by atoms with van der Waals surface area (Å²) in [6, 6.07) is 16.0. The molecule has 0 N–H and O–H groups in total. The van der Waals surface area contributed by atoms with Crippen molar-refractivity contribution in [1.82, 2.24) is 0 Å². The molecular formula is C22H25N3O2. The molecule has 27 heavy (non-hydrogen) atoms. The zero-order valence-electron chi connectivity index (χ0n) is 15.7. The maximum absolute atomic E-state index is 12.9. The number of carbonyl (C=O) groups excluding carboxylic acids is 2. The topological polar surface area (TPSA) is 43.9 Å². The Morgan fingerprint density at radius 1 is 0.963 bits per heavy atom. The van der Waals surface area contributed by atoms with Gasteiger partial charge in [-0.3, -0.25) is 9.59 Å². The first-order valence-corrected chi connectivity index (χ1v) is 9.65. The first-order valence-electron chi connectivity index (χ1n) is 9.65. The summed E-state index contributed by atoms with van der Waals surface area (Å²) in [4.78, 5) is 30.8. The third-order valence-corrected chi connectivity index (χ3v) is 5.49. The van der Waals surface area contributed by atoms with E-state index in [-0.39, 0.29) is 18.4 Å². The van der Waals surface area contributed by atoms with E-state index in [9.17, 15) is 9.59 Å². The Morgan fingerprint density at radius 2 is 1.67 bits per heavy atom. The van der Waals surface area contributed by atoms with Gasteiger partial charge in [-0.2, -0.15) is 0 Å². The monoisotopic (exact) mass is 363 g/mol. The lowest BCUT2D eigenvalue weighted by atomic mass is 10.2. The Bertz CT molecular complexity index is 841. The second-order valence-electron chi connectivity index (χ2n) is 7.24. The number of hydrogen-bond acceptors (Lipinski definition) is 3. The molecule has 140 valence electrons. The fraction of sp³-hybridized carbons (Fsp3) is 0.364. The smallest absolute Gasteiger partial charge is 0.247 e. The molecular weight excluding hydrogens is 338 g/mol. The molecule has 2 aliphatic rings. The Morgan fingerprint density at radius 3 is 2.37 bits per heavy atom. The maximum atomic E-state index is 12.9. The standard InChI is InChI=1S/C22H25N3O2/c1-17(26)25(20-10-8-19(9-11-20)23-13-4-5-14-23)16-22(27)24-15-12-18-6-2-3-7-21(18)24/h2-3,6-11H,4-5,12-16H2,1H3. The van der Waals surface area contributed by atoms with Crippen LogP contribution < -0.4 is 14.7 Å². The molecule has 0 aromatic heterocycles. The van der Waals surface area contributed by atoms with Crippen LogP contribution in [0.3, 0.4) is 0 Å². The number of amides is 2. The van der Waals surface area contributed by atoms with Crippen molar-refractivity contribution in [3.8, 4) is 0 Å². The largest absolute Gasteiger partial charge is 0.372 e. The summed E-state index contributed by atoms with van der Waals surface area (Å²) in [7, 11) is 0. The molecule has 2 amide bonds. The van der Waals surface area contributed by atoms with Crippen LogP contribution in [0.4, 0.5) is 17.1 Å². The van der Waals surface area contributed by atoms with Gasteiger partial charge < -0.3 is 14.7 Å². The number of carbonyl (C=O) groups is 2. The van der Waals surface area contributed by atoms with Crippen molar-refractivity contribution < 1.29 is 9.59 Å². The van der Waals surface area contributed by atoms with E-state index < -0.39 is 0 Å². The second-order valence-corrected chi connectivity index (χ2v) is 7.24. The van der Waals surface area contributed by atoms with E-state index in [2.05, 4.69) is 11.0 Å². The van der Waals surface area contributed by atoms with Crippen molar-refractivity contribution in [2.45, 2.75) is 26.2 Å². The summed E-state index contributed by atoms with van der Waals surface area (Å²) in [5.41, 5.74) is 4.11. The third-order valence-electron chi connectivity index (χ3n) is 5.49. The predicted molar refractivity (Wildman–Crippen MR) is 108 cm³/mol. The van der Waals surface area contributed by atoms with Crippen LogP contribution in [-0.4, -0.2) is 38.0 Å². The van der Waals surface area contributed by atoms with Crippen LogP contribution in [0.5, 0.6) is 0 Å². The Hall–Kier alpha value is -2.82. The van der Waals surface area contributed by atoms with Crippen LogP contribution in [0.1, 0.15) is 25.3 Å². The van der Waals surface area contributed by atoms with E-state index in [4.69, 9.17) is 0 Å². The van der Waals surface area contributed by atoms with Crippen LogP contribution in [0, 0.1) is 0 Å². The Labute approximate surface area is 160 Å². The molecule has 2 aromatic rings. The summed E-state index contributed by atoms with van der Waals surface area (Å²) < 4.78 is 0. The molecule has 2 aliphatic heterocycles. The number of fused-ring (bicyclic) bond motifs is 1. The van der Waals surface area contributed by atoms with Gasteiger partial charge in [0, 0.05) is 43.6 Å². The van der Waals surface area contributed by atoms with Crippen LogP contribution in [-0.2, 0) is 16.0 Å². The normalized spacial score (nSPS) is 15.7. The lowest BCUT2D eigenvalue weighted by Gasteiger charge is -2.25. The highest BCUT2D eigenvalue weighted by Crippen LogP contribution is 2.28. The molecule has 0 spiro atoms. The average molecular weight is 363 g/mol. The Balaban J connectivity index is 1.50. The molecule has 0 saturated carbocycles. The second kappa shape index (κ2) is 7.43. The van der Waals surface area contributed by atoms with Crippen molar-refractivity contribution >= 4 is 28.9 Å². The summed E-state index contributed by atoms with van der Waals surface area (Å²) in [6.07, 6.45) is 3.33. The summed E-state index contributed by atoms with van der Waals surface area (Å²) in [5.74, 6) is -0.163. The van der Waals surface area contributed by atoms with E-state index >= 15 is 0 Å². The van der Waals surface area contributed by atoms with Gasteiger partial charge in [-0.15, -0.1) is 0 Å². The molecule has 2 heterocycles. The van der Waals surface area contributed by atoms with Crippen molar-refractivity contribution in [3.05, 3.63) is 54.1 Å². The molecule has 0 aliphatic carbocycles. The number of anilines is 3.